The van der Waals surface area contributed by atoms with Crippen molar-refractivity contribution in [3.63, 3.8) is 0 Å². The van der Waals surface area contributed by atoms with Crippen LogP contribution in [0.4, 0.5) is 0 Å². The van der Waals surface area contributed by atoms with Crippen molar-refractivity contribution in [3.8, 4) is 0 Å². The normalized spacial score (nSPS) is 49.8. The van der Waals surface area contributed by atoms with Crippen molar-refractivity contribution in [1.82, 2.24) is 0 Å². The van der Waals surface area contributed by atoms with Gasteiger partial charge in [0.05, 0.1) is 6.10 Å². The molecule has 0 aromatic carbocycles. The summed E-state index contributed by atoms with van der Waals surface area (Å²) in [5, 5.41) is 30.6. The van der Waals surface area contributed by atoms with Crippen LogP contribution in [0.2, 0.25) is 0 Å². The molecule has 0 aromatic rings. The molecule has 0 saturated heterocycles. The third-order valence-corrected chi connectivity index (χ3v) is 9.08. The lowest BCUT2D eigenvalue weighted by atomic mass is 9.44. The van der Waals surface area contributed by atoms with Crippen LogP contribution in [0.1, 0.15) is 65.2 Å². The second-order valence-electron chi connectivity index (χ2n) is 10.00. The molecule has 4 aliphatic rings. The van der Waals surface area contributed by atoms with Crippen LogP contribution in [-0.4, -0.2) is 45.2 Å². The Kier molecular flexibility index (Phi) is 6.71. The second kappa shape index (κ2) is 7.81. The quantitative estimate of drug-likeness (QED) is 0.618. The summed E-state index contributed by atoms with van der Waals surface area (Å²) >= 11 is 0. The first kappa shape index (κ1) is 24.1. The summed E-state index contributed by atoms with van der Waals surface area (Å²) in [7, 11) is 0. The molecule has 4 aliphatic carbocycles. The summed E-state index contributed by atoms with van der Waals surface area (Å²) in [6.45, 7) is 3.46. The standard InChI is InChI=1S/C21H32O5.2ClH/c1-19-7-5-13(23)9-12(19)3-4-14-15-6-8-21(26,17(25)11-22)20(15,2)10-16(24)18(14)19;;/h12-15,18,22-23,26H,3-11H2,1-2H3;2*1H/t12-,13-,14+,15+,18-,19+,20+,21+;;/m1../s1. The van der Waals surface area contributed by atoms with Gasteiger partial charge in [-0.05, 0) is 68.1 Å². The maximum Gasteiger partial charge on any atom is 0.190 e. The molecule has 0 spiro atoms. The number of hydrogen-bond donors (Lipinski definition) is 3. The number of carbonyl (C=O) groups is 2. The van der Waals surface area contributed by atoms with E-state index in [0.717, 1.165) is 38.5 Å². The van der Waals surface area contributed by atoms with Gasteiger partial charge in [0, 0.05) is 17.8 Å². The molecule has 5 nitrogen and oxygen atoms in total. The van der Waals surface area contributed by atoms with E-state index in [2.05, 4.69) is 6.92 Å². The number of aliphatic hydroxyl groups excluding tert-OH is 2. The average molecular weight is 437 g/mol. The van der Waals surface area contributed by atoms with Gasteiger partial charge in [0.25, 0.3) is 0 Å². The maximum absolute atomic E-state index is 13.4. The Morgan fingerprint density at radius 2 is 1.79 bits per heavy atom. The maximum atomic E-state index is 13.4. The molecule has 0 aliphatic heterocycles. The molecular weight excluding hydrogens is 403 g/mol. The van der Waals surface area contributed by atoms with Gasteiger partial charge in [0.1, 0.15) is 18.0 Å². The summed E-state index contributed by atoms with van der Waals surface area (Å²) in [6.07, 6.45) is 5.47. The van der Waals surface area contributed by atoms with E-state index in [1.165, 1.54) is 0 Å². The lowest BCUT2D eigenvalue weighted by Crippen LogP contribution is -2.62. The Morgan fingerprint density at radius 3 is 2.43 bits per heavy atom. The predicted octanol–water partition coefficient (Wildman–Crippen LogP) is 2.71. The fraction of sp³-hybridized carbons (Fsp3) is 0.905. The minimum absolute atomic E-state index is 0. The Morgan fingerprint density at radius 1 is 1.11 bits per heavy atom. The minimum Gasteiger partial charge on any atom is -0.393 e. The van der Waals surface area contributed by atoms with Gasteiger partial charge in [0.2, 0.25) is 0 Å². The molecule has 4 fully saturated rings. The van der Waals surface area contributed by atoms with Gasteiger partial charge in [0.15, 0.2) is 5.78 Å². The molecule has 28 heavy (non-hydrogen) atoms. The average Bonchev–Trinajstić information content (AvgIpc) is 2.86. The van der Waals surface area contributed by atoms with Gasteiger partial charge in [-0.15, -0.1) is 24.8 Å². The lowest BCUT2D eigenvalue weighted by Gasteiger charge is -2.60. The van der Waals surface area contributed by atoms with Crippen molar-refractivity contribution in [3.05, 3.63) is 0 Å². The topological polar surface area (TPSA) is 94.8 Å². The number of fused-ring (bicyclic) bond motifs is 5. The molecule has 0 aromatic heterocycles. The SMILES string of the molecule is C[C@]12CC[C@@H](O)C[C@H]1CC[C@@H]1[C@@H]2C(=O)C[C@@]2(C)[C@H]1CC[C@]2(O)C(=O)CO.Cl.Cl. The highest BCUT2D eigenvalue weighted by Crippen LogP contribution is 2.67. The molecule has 0 radical (unpaired) electrons. The molecule has 4 saturated carbocycles. The van der Waals surface area contributed by atoms with Crippen molar-refractivity contribution < 1.29 is 24.9 Å². The summed E-state index contributed by atoms with van der Waals surface area (Å²) in [4.78, 5) is 25.7. The summed E-state index contributed by atoms with van der Waals surface area (Å²) < 4.78 is 0. The Bertz CT molecular complexity index is 642. The Hall–Kier alpha value is -0.200. The van der Waals surface area contributed by atoms with Gasteiger partial charge in [-0.1, -0.05) is 13.8 Å². The van der Waals surface area contributed by atoms with Crippen LogP contribution < -0.4 is 0 Å². The van der Waals surface area contributed by atoms with Gasteiger partial charge >= 0.3 is 0 Å². The van der Waals surface area contributed by atoms with Crippen molar-refractivity contribution in [2.24, 2.45) is 34.5 Å². The fourth-order valence-electron chi connectivity index (χ4n) is 7.64. The van der Waals surface area contributed by atoms with E-state index >= 15 is 0 Å². The lowest BCUT2D eigenvalue weighted by molar-refractivity contribution is -0.180. The highest BCUT2D eigenvalue weighted by atomic mass is 35.5. The molecule has 0 unspecified atom stereocenters. The first-order valence-electron chi connectivity index (χ1n) is 10.2. The van der Waals surface area contributed by atoms with E-state index < -0.39 is 23.4 Å². The van der Waals surface area contributed by atoms with Crippen LogP contribution in [0.25, 0.3) is 0 Å². The van der Waals surface area contributed by atoms with Gasteiger partial charge < -0.3 is 15.3 Å². The van der Waals surface area contributed by atoms with Crippen LogP contribution in [0.5, 0.6) is 0 Å². The van der Waals surface area contributed by atoms with Crippen molar-refractivity contribution in [1.29, 1.82) is 0 Å². The van der Waals surface area contributed by atoms with E-state index in [4.69, 9.17) is 0 Å². The third-order valence-electron chi connectivity index (χ3n) is 9.08. The van der Waals surface area contributed by atoms with Crippen LogP contribution in [0.3, 0.4) is 0 Å². The largest absolute Gasteiger partial charge is 0.393 e. The molecular formula is C21H34Cl2O5. The zero-order valence-electron chi connectivity index (χ0n) is 16.7. The zero-order valence-corrected chi connectivity index (χ0v) is 18.4. The number of carbonyl (C=O) groups excluding carboxylic acids is 2. The molecule has 7 heteroatoms. The molecule has 0 heterocycles. The molecule has 4 rings (SSSR count). The van der Waals surface area contributed by atoms with Crippen molar-refractivity contribution in [2.75, 3.05) is 6.61 Å². The fourth-order valence-corrected chi connectivity index (χ4v) is 7.64. The number of halogens is 2. The van der Waals surface area contributed by atoms with Gasteiger partial charge in [-0.25, -0.2) is 0 Å². The highest BCUT2D eigenvalue weighted by Gasteiger charge is 2.68. The van der Waals surface area contributed by atoms with Crippen LogP contribution in [-0.2, 0) is 9.59 Å². The highest BCUT2D eigenvalue weighted by molar-refractivity contribution is 5.92. The van der Waals surface area contributed by atoms with Crippen molar-refractivity contribution in [2.45, 2.75) is 76.9 Å². The number of rotatable bonds is 2. The smallest absolute Gasteiger partial charge is 0.190 e. The van der Waals surface area contributed by atoms with Crippen LogP contribution >= 0.6 is 24.8 Å². The molecule has 0 bridgehead atoms. The molecule has 162 valence electrons. The number of aliphatic hydroxyl groups is 3. The number of ketones is 2. The zero-order chi connectivity index (χ0) is 18.9. The summed E-state index contributed by atoms with van der Waals surface area (Å²) in [5.74, 6) is 0.380. The van der Waals surface area contributed by atoms with E-state index in [9.17, 15) is 24.9 Å². The van der Waals surface area contributed by atoms with E-state index in [1.54, 1.807) is 0 Å². The first-order chi connectivity index (χ1) is 12.2. The molecule has 8 atom stereocenters. The van der Waals surface area contributed by atoms with Gasteiger partial charge in [-0.2, -0.15) is 0 Å². The number of hydrogen-bond acceptors (Lipinski definition) is 5. The van der Waals surface area contributed by atoms with Crippen LogP contribution in [0.15, 0.2) is 0 Å². The summed E-state index contributed by atoms with van der Waals surface area (Å²) in [5.41, 5.74) is -2.40. The molecule has 0 amide bonds. The minimum atomic E-state index is -1.58. The Labute approximate surface area is 179 Å². The van der Waals surface area contributed by atoms with Crippen LogP contribution in [0, 0.1) is 34.5 Å². The third kappa shape index (κ3) is 2.99. The first-order valence-corrected chi connectivity index (χ1v) is 10.2. The predicted molar refractivity (Wildman–Crippen MR) is 110 cm³/mol. The van der Waals surface area contributed by atoms with Crippen molar-refractivity contribution >= 4 is 36.4 Å². The van der Waals surface area contributed by atoms with E-state index in [-0.39, 0.29) is 66.3 Å². The molecule has 3 N–H and O–H groups in total. The van der Waals surface area contributed by atoms with E-state index in [0.29, 0.717) is 12.3 Å². The van der Waals surface area contributed by atoms with E-state index in [1.807, 2.05) is 6.92 Å². The monoisotopic (exact) mass is 436 g/mol. The Balaban J connectivity index is 0.00000140. The second-order valence-corrected chi connectivity index (χ2v) is 10.00. The number of Topliss-reactive ketones (excluding diaryl/α,β-unsaturated/α-hetero) is 2. The summed E-state index contributed by atoms with van der Waals surface area (Å²) in [6, 6.07) is 0. The van der Waals surface area contributed by atoms with Gasteiger partial charge in [-0.3, -0.25) is 9.59 Å².